The van der Waals surface area contributed by atoms with Crippen molar-refractivity contribution in [2.75, 3.05) is 13.3 Å². The zero-order valence-electron chi connectivity index (χ0n) is 6.69. The Bertz CT molecular complexity index is 272. The zero-order valence-corrected chi connectivity index (χ0v) is 8.48. The molecule has 0 spiro atoms. The summed E-state index contributed by atoms with van der Waals surface area (Å²) < 4.78 is 23.2. The molecule has 0 radical (unpaired) electrons. The summed E-state index contributed by atoms with van der Waals surface area (Å²) in [6.07, 6.45) is -0.440. The first-order valence-corrected chi connectivity index (χ1v) is 5.89. The van der Waals surface area contributed by atoms with Crippen LogP contribution in [-0.2, 0) is 9.13 Å². The number of guanidine groups is 1. The molecule has 1 atom stereocenters. The molecule has 0 aromatic heterocycles. The molecule has 13 heavy (non-hydrogen) atoms. The minimum absolute atomic E-state index is 0.440. The average molecular weight is 229 g/mol. The first kappa shape index (κ1) is 12.5. The lowest BCUT2D eigenvalue weighted by molar-refractivity contribution is -0.165. The van der Waals surface area contributed by atoms with Crippen LogP contribution in [0.3, 0.4) is 0 Å². The second kappa shape index (κ2) is 4.64. The smallest absolute Gasteiger partial charge is 0.451 e. The fourth-order valence-electron chi connectivity index (χ4n) is 0.455. The highest BCUT2D eigenvalue weighted by Crippen LogP contribution is 2.36. The number of hydrogen-bond donors (Lipinski definition) is 3. The predicted molar refractivity (Wildman–Crippen MR) is 43.9 cm³/mol. The lowest BCUT2D eigenvalue weighted by atomic mass is 10.8. The van der Waals surface area contributed by atoms with Crippen molar-refractivity contribution in [1.82, 2.24) is 4.90 Å². The molecule has 76 valence electrons. The van der Waals surface area contributed by atoms with Crippen LogP contribution in [0.4, 0.5) is 0 Å². The normalized spacial score (nSPS) is 14.2. The van der Waals surface area contributed by atoms with E-state index in [1.54, 1.807) is 0 Å². The summed E-state index contributed by atoms with van der Waals surface area (Å²) in [6.45, 7) is 0. The first-order valence-electron chi connectivity index (χ1n) is 2.96. The van der Waals surface area contributed by atoms with Gasteiger partial charge in [0.15, 0.2) is 0 Å². The van der Waals surface area contributed by atoms with Gasteiger partial charge in [0.2, 0.25) is 12.2 Å². The van der Waals surface area contributed by atoms with Crippen LogP contribution in [0.5, 0.6) is 0 Å². The predicted octanol–water partition coefficient (Wildman–Crippen LogP) is -1.61. The molecule has 0 amide bonds. The Balaban J connectivity index is 4.42. The van der Waals surface area contributed by atoms with E-state index in [0.717, 1.165) is 4.90 Å². The van der Waals surface area contributed by atoms with Crippen molar-refractivity contribution < 1.29 is 23.8 Å². The van der Waals surface area contributed by atoms with E-state index in [9.17, 15) is 14.0 Å². The zero-order chi connectivity index (χ0) is 10.6. The summed E-state index contributed by atoms with van der Waals surface area (Å²) in [4.78, 5) is 27.8. The molecular weight excluding hydrogens is 220 g/mol. The summed E-state index contributed by atoms with van der Waals surface area (Å²) in [7, 11) is -6.05. The van der Waals surface area contributed by atoms with Crippen LogP contribution in [0.15, 0.2) is 4.76 Å². The number of nitrogens with zero attached hydrogens (tertiary/aromatic N) is 2. The molecule has 1 unspecified atom stereocenters. The van der Waals surface area contributed by atoms with Crippen LogP contribution in [0.1, 0.15) is 0 Å². The van der Waals surface area contributed by atoms with Gasteiger partial charge in [0.05, 0.1) is 0 Å². The fraction of sp³-hybridized carbons (Fsp3) is 0.667. The van der Waals surface area contributed by atoms with Crippen LogP contribution in [0.25, 0.3) is 0 Å². The van der Waals surface area contributed by atoms with Gasteiger partial charge in [0, 0.05) is 7.05 Å². The molecule has 0 aliphatic heterocycles. The summed E-state index contributed by atoms with van der Waals surface area (Å²) in [5.41, 5.74) is 5.07. The Morgan fingerprint density at radius 1 is 1.77 bits per heavy atom. The van der Waals surface area contributed by atoms with E-state index in [1.165, 1.54) is 7.05 Å². The maximum atomic E-state index is 10.3. The van der Waals surface area contributed by atoms with Gasteiger partial charge in [-0.25, -0.2) is 4.57 Å². The van der Waals surface area contributed by atoms with Gasteiger partial charge in [-0.05, 0) is 0 Å². The van der Waals surface area contributed by atoms with Crippen molar-refractivity contribution in [2.45, 2.75) is 0 Å². The number of rotatable bonds is 3. The Morgan fingerprint density at radius 2 is 2.23 bits per heavy atom. The van der Waals surface area contributed by atoms with E-state index in [1.807, 2.05) is 0 Å². The van der Waals surface area contributed by atoms with E-state index in [2.05, 4.69) is 4.76 Å². The van der Waals surface area contributed by atoms with Crippen LogP contribution >= 0.6 is 15.8 Å². The largest absolute Gasteiger partial charge is 0.594 e. The number of hydrogen-bond acceptors (Lipinski definition) is 3. The molecule has 10 heteroatoms. The summed E-state index contributed by atoms with van der Waals surface area (Å²) in [5.74, 6) is -0.521. The quantitative estimate of drug-likeness (QED) is 0.300. The molecular formula is C3H9N3O5P2. The highest BCUT2D eigenvalue weighted by molar-refractivity contribution is 7.50. The molecule has 4 N–H and O–H groups in total. The topological polar surface area (TPSA) is 139 Å². The Hall–Kier alpha value is -0.520. The Labute approximate surface area is 75.2 Å². The lowest BCUT2D eigenvalue weighted by Crippen LogP contribution is -2.34. The maximum absolute atomic E-state index is 10.3. The van der Waals surface area contributed by atoms with Gasteiger partial charge in [-0.3, -0.25) is 0 Å². The van der Waals surface area contributed by atoms with Gasteiger partial charge in [0.25, 0.3) is 0 Å². The SMILES string of the molecule is CN(C[P+](=O)[O-])/C(N)=N/P(=O)(O)O. The molecule has 0 fully saturated rings. The van der Waals surface area contributed by atoms with Crippen LogP contribution in [0, 0.1) is 0 Å². The third kappa shape index (κ3) is 6.62. The minimum atomic E-state index is -4.59. The van der Waals surface area contributed by atoms with Gasteiger partial charge >= 0.3 is 15.8 Å². The molecule has 0 aliphatic rings. The molecule has 0 aliphatic carbocycles. The Kier molecular flexibility index (Phi) is 4.46. The molecule has 0 saturated carbocycles. The molecule has 0 heterocycles. The second-order valence-electron chi connectivity index (χ2n) is 2.14. The standard InChI is InChI=1S/C3H9N3O5P2/c1-6(2-12(7)8)3(4)5-13(9,10)11/h2H2,1H3,(H4,4,5,9,10,11). The van der Waals surface area contributed by atoms with Gasteiger partial charge in [-0.15, -0.1) is 4.76 Å². The molecule has 8 nitrogen and oxygen atoms in total. The van der Waals surface area contributed by atoms with Crippen molar-refractivity contribution in [3.63, 3.8) is 0 Å². The van der Waals surface area contributed by atoms with E-state index in [-0.39, 0.29) is 0 Å². The van der Waals surface area contributed by atoms with E-state index < -0.39 is 28.0 Å². The minimum Gasteiger partial charge on any atom is -0.594 e. The van der Waals surface area contributed by atoms with Crippen molar-refractivity contribution >= 4 is 21.7 Å². The van der Waals surface area contributed by atoms with Crippen LogP contribution in [-0.4, -0.2) is 34.0 Å². The lowest BCUT2D eigenvalue weighted by Gasteiger charge is -2.12. The van der Waals surface area contributed by atoms with Crippen molar-refractivity contribution in [2.24, 2.45) is 10.5 Å². The Morgan fingerprint density at radius 3 is 2.54 bits per heavy atom. The number of nitrogens with two attached hydrogens (primary N) is 1. The molecule has 0 aromatic rings. The van der Waals surface area contributed by atoms with Crippen molar-refractivity contribution in [3.8, 4) is 0 Å². The third-order valence-corrected chi connectivity index (χ3v) is 2.07. The summed E-state index contributed by atoms with van der Waals surface area (Å²) in [5, 5.41) is 0. The fourth-order valence-corrected chi connectivity index (χ4v) is 1.37. The highest BCUT2D eigenvalue weighted by atomic mass is 31.2. The van der Waals surface area contributed by atoms with Gasteiger partial charge in [0.1, 0.15) is 0 Å². The van der Waals surface area contributed by atoms with Gasteiger partial charge in [-0.2, -0.15) is 0 Å². The van der Waals surface area contributed by atoms with Gasteiger partial charge in [-0.1, -0.05) is 4.57 Å². The van der Waals surface area contributed by atoms with E-state index in [4.69, 9.17) is 15.5 Å². The summed E-state index contributed by atoms with van der Waals surface area (Å²) >= 11 is 0. The van der Waals surface area contributed by atoms with Crippen LogP contribution < -0.4 is 10.6 Å². The van der Waals surface area contributed by atoms with Crippen molar-refractivity contribution in [3.05, 3.63) is 0 Å². The monoisotopic (exact) mass is 229 g/mol. The van der Waals surface area contributed by atoms with E-state index in [0.29, 0.717) is 0 Å². The van der Waals surface area contributed by atoms with E-state index >= 15 is 0 Å². The van der Waals surface area contributed by atoms with Crippen LogP contribution in [0.2, 0.25) is 0 Å². The average Bonchev–Trinajstić information content (AvgIpc) is 1.81. The van der Waals surface area contributed by atoms with Crippen molar-refractivity contribution in [1.29, 1.82) is 0 Å². The summed E-state index contributed by atoms with van der Waals surface area (Å²) in [6, 6.07) is 0. The second-order valence-corrected chi connectivity index (χ2v) is 4.32. The molecule has 0 bridgehead atoms. The van der Waals surface area contributed by atoms with Gasteiger partial charge < -0.3 is 25.3 Å². The third-order valence-electron chi connectivity index (χ3n) is 0.951. The molecule has 0 rings (SSSR count). The highest BCUT2D eigenvalue weighted by Gasteiger charge is 2.15. The first-order chi connectivity index (χ1) is 5.72. The molecule has 0 aromatic carbocycles. The maximum Gasteiger partial charge on any atom is 0.451 e. The molecule has 0 saturated heterocycles.